The van der Waals surface area contributed by atoms with E-state index in [9.17, 15) is 9.59 Å². The summed E-state index contributed by atoms with van der Waals surface area (Å²) in [5, 5.41) is 8.02. The largest absolute Gasteiger partial charge is 0.350 e. The summed E-state index contributed by atoms with van der Waals surface area (Å²) in [6.45, 7) is 0.0592. The van der Waals surface area contributed by atoms with Crippen LogP contribution in [0.2, 0.25) is 10.0 Å². The molecule has 0 fully saturated rings. The molecule has 146 valence electrons. The number of rotatable bonds is 5. The molecule has 4 rings (SSSR count). The van der Waals surface area contributed by atoms with Gasteiger partial charge in [-0.05, 0) is 23.8 Å². The number of nitrogens with one attached hydrogen (secondary N) is 1. The van der Waals surface area contributed by atoms with Crippen LogP contribution in [-0.4, -0.2) is 20.6 Å². The van der Waals surface area contributed by atoms with Crippen molar-refractivity contribution in [3.05, 3.63) is 80.8 Å². The third kappa shape index (κ3) is 4.01. The van der Waals surface area contributed by atoms with Crippen LogP contribution in [-0.2, 0) is 17.9 Å². The molecule has 0 radical (unpaired) electrons. The summed E-state index contributed by atoms with van der Waals surface area (Å²) in [7, 11) is 0. The molecule has 0 spiro atoms. The van der Waals surface area contributed by atoms with Gasteiger partial charge in [0.05, 0.1) is 0 Å². The van der Waals surface area contributed by atoms with Gasteiger partial charge in [0, 0.05) is 22.2 Å². The predicted molar refractivity (Wildman–Crippen MR) is 110 cm³/mol. The lowest BCUT2D eigenvalue weighted by Crippen LogP contribution is -2.32. The number of carbonyl (C=O) groups excluding carboxylic acids is 1. The summed E-state index contributed by atoms with van der Waals surface area (Å²) in [6.07, 6.45) is 1.26. The number of fused-ring (bicyclic) bond motifs is 1. The molecular weight excluding hydrogens is 415 g/mol. The van der Waals surface area contributed by atoms with Crippen LogP contribution in [0.4, 0.5) is 0 Å². The summed E-state index contributed by atoms with van der Waals surface area (Å²) >= 11 is 12.0. The Kier molecular flexibility index (Phi) is 5.33. The van der Waals surface area contributed by atoms with Crippen molar-refractivity contribution in [3.8, 4) is 11.3 Å². The molecule has 2 aromatic carbocycles. The van der Waals surface area contributed by atoms with E-state index < -0.39 is 5.56 Å². The molecule has 0 unspecified atom stereocenters. The van der Waals surface area contributed by atoms with Crippen molar-refractivity contribution in [3.63, 3.8) is 0 Å². The molecule has 0 saturated carbocycles. The average molecular weight is 429 g/mol. The monoisotopic (exact) mass is 428 g/mol. The zero-order valence-electron chi connectivity index (χ0n) is 14.9. The Hall–Kier alpha value is -3.16. The van der Waals surface area contributed by atoms with Gasteiger partial charge in [0.15, 0.2) is 0 Å². The van der Waals surface area contributed by atoms with Gasteiger partial charge in [-0.2, -0.15) is 0 Å². The number of hydrogen-bond donors (Lipinski definition) is 1. The molecule has 0 bridgehead atoms. The van der Waals surface area contributed by atoms with Crippen molar-refractivity contribution in [2.24, 2.45) is 0 Å². The minimum absolute atomic E-state index is 0.104. The number of halogens is 2. The fraction of sp³-hybridized carbons (Fsp3) is 0.100. The minimum Gasteiger partial charge on any atom is -0.350 e. The van der Waals surface area contributed by atoms with E-state index in [-0.39, 0.29) is 30.1 Å². The Labute approximate surface area is 174 Å². The van der Waals surface area contributed by atoms with E-state index in [1.54, 1.807) is 30.3 Å². The molecule has 0 aliphatic carbocycles. The van der Waals surface area contributed by atoms with E-state index in [4.69, 9.17) is 27.7 Å². The Morgan fingerprint density at radius 1 is 1.10 bits per heavy atom. The number of benzene rings is 2. The van der Waals surface area contributed by atoms with Crippen LogP contribution in [0, 0.1) is 0 Å². The highest BCUT2D eigenvalue weighted by atomic mass is 35.5. The molecule has 9 heteroatoms. The summed E-state index contributed by atoms with van der Waals surface area (Å²) in [5.74, 6) is -0.349. The average Bonchev–Trinajstić information content (AvgIpc) is 3.15. The number of hydrogen-bond acceptors (Lipinski definition) is 5. The molecule has 7 nitrogen and oxygen atoms in total. The lowest BCUT2D eigenvalue weighted by Gasteiger charge is -2.08. The lowest BCUT2D eigenvalue weighted by molar-refractivity contribution is -0.121. The number of nitrogens with zero attached hydrogens (tertiary/aromatic N) is 3. The normalized spacial score (nSPS) is 11.0. The molecule has 1 amide bonds. The second-order valence-corrected chi connectivity index (χ2v) is 7.11. The Balaban J connectivity index is 1.58. The molecule has 0 aliphatic heterocycles. The molecule has 0 atom stereocenters. The van der Waals surface area contributed by atoms with Gasteiger partial charge in [-0.15, -0.1) is 0 Å². The topological polar surface area (TPSA) is 90.0 Å². The Morgan fingerprint density at radius 3 is 2.62 bits per heavy atom. The van der Waals surface area contributed by atoms with Crippen LogP contribution in [0.3, 0.4) is 0 Å². The van der Waals surface area contributed by atoms with Gasteiger partial charge < -0.3 is 9.84 Å². The fourth-order valence-electron chi connectivity index (χ4n) is 2.84. The van der Waals surface area contributed by atoms with Gasteiger partial charge in [-0.3, -0.25) is 14.2 Å². The van der Waals surface area contributed by atoms with Gasteiger partial charge in [0.2, 0.25) is 5.91 Å². The van der Waals surface area contributed by atoms with Gasteiger partial charge >= 0.3 is 0 Å². The second kappa shape index (κ2) is 8.06. The van der Waals surface area contributed by atoms with Crippen LogP contribution in [0.25, 0.3) is 22.4 Å². The first-order chi connectivity index (χ1) is 14.0. The van der Waals surface area contributed by atoms with Gasteiger partial charge in [-0.25, -0.2) is 4.98 Å². The third-order valence-corrected chi connectivity index (χ3v) is 4.95. The first-order valence-electron chi connectivity index (χ1n) is 8.64. The molecule has 2 heterocycles. The van der Waals surface area contributed by atoms with E-state index in [0.717, 1.165) is 5.56 Å². The van der Waals surface area contributed by atoms with E-state index in [1.807, 2.05) is 18.2 Å². The van der Waals surface area contributed by atoms with Crippen LogP contribution in [0.5, 0.6) is 0 Å². The van der Waals surface area contributed by atoms with Crippen molar-refractivity contribution >= 4 is 40.2 Å². The van der Waals surface area contributed by atoms with E-state index in [1.165, 1.54) is 10.9 Å². The zero-order valence-corrected chi connectivity index (χ0v) is 16.4. The first kappa shape index (κ1) is 19.2. The second-order valence-electron chi connectivity index (χ2n) is 6.26. The molecule has 1 N–H and O–H groups in total. The quantitative estimate of drug-likeness (QED) is 0.523. The van der Waals surface area contributed by atoms with Crippen molar-refractivity contribution in [1.29, 1.82) is 0 Å². The summed E-state index contributed by atoms with van der Waals surface area (Å²) in [6, 6.07) is 14.0. The van der Waals surface area contributed by atoms with Gasteiger partial charge in [0.25, 0.3) is 11.3 Å². The van der Waals surface area contributed by atoms with Crippen molar-refractivity contribution in [2.75, 3.05) is 0 Å². The third-order valence-electron chi connectivity index (χ3n) is 4.33. The predicted octanol–water partition coefficient (Wildman–Crippen LogP) is 3.67. The van der Waals surface area contributed by atoms with E-state index in [2.05, 4.69) is 15.5 Å². The Morgan fingerprint density at radius 2 is 1.86 bits per heavy atom. The van der Waals surface area contributed by atoms with Gasteiger partial charge in [-0.1, -0.05) is 58.7 Å². The van der Waals surface area contributed by atoms with Crippen LogP contribution >= 0.6 is 23.2 Å². The van der Waals surface area contributed by atoms with Crippen LogP contribution in [0.15, 0.2) is 64.2 Å². The zero-order chi connectivity index (χ0) is 20.4. The summed E-state index contributed by atoms with van der Waals surface area (Å²) in [4.78, 5) is 29.3. The van der Waals surface area contributed by atoms with Crippen molar-refractivity contribution in [2.45, 2.75) is 13.1 Å². The highest BCUT2D eigenvalue weighted by Crippen LogP contribution is 2.25. The Bertz CT molecular complexity index is 1250. The van der Waals surface area contributed by atoms with Crippen molar-refractivity contribution in [1.82, 2.24) is 20.0 Å². The highest BCUT2D eigenvalue weighted by molar-refractivity contribution is 6.31. The summed E-state index contributed by atoms with van der Waals surface area (Å²) in [5.41, 5.74) is 1.47. The smallest absolute Gasteiger partial charge is 0.267 e. The minimum atomic E-state index is -0.422. The standard InChI is InChI=1S/C20H14Cl2N4O3/c21-14-7-5-12(6-8-14)18-17-19(29-25-18)24-11-26(20(17)28)10-16(27)23-9-13-3-1-2-4-15(13)22/h1-8,11H,9-10H2,(H,23,27). The lowest BCUT2D eigenvalue weighted by atomic mass is 10.1. The number of amides is 1. The maximum Gasteiger partial charge on any atom is 0.267 e. The van der Waals surface area contributed by atoms with Crippen LogP contribution < -0.4 is 10.9 Å². The number of carbonyl (C=O) groups is 1. The first-order valence-corrected chi connectivity index (χ1v) is 9.39. The molecule has 29 heavy (non-hydrogen) atoms. The van der Waals surface area contributed by atoms with Crippen molar-refractivity contribution < 1.29 is 9.32 Å². The maximum absolute atomic E-state index is 12.9. The molecular formula is C20H14Cl2N4O3. The van der Waals surface area contributed by atoms with Gasteiger partial charge in [0.1, 0.15) is 24.0 Å². The molecule has 4 aromatic rings. The fourth-order valence-corrected chi connectivity index (χ4v) is 3.17. The SMILES string of the molecule is O=C(Cn1cnc2onc(-c3ccc(Cl)cc3)c2c1=O)NCc1ccccc1Cl. The summed E-state index contributed by atoms with van der Waals surface area (Å²) < 4.78 is 6.38. The number of aromatic nitrogens is 3. The molecule has 2 aromatic heterocycles. The maximum atomic E-state index is 12.9. The molecule has 0 aliphatic rings. The van der Waals surface area contributed by atoms with Crippen LogP contribution in [0.1, 0.15) is 5.56 Å². The molecule has 0 saturated heterocycles. The highest BCUT2D eigenvalue weighted by Gasteiger charge is 2.18. The van der Waals surface area contributed by atoms with E-state index >= 15 is 0 Å². The van der Waals surface area contributed by atoms with E-state index in [0.29, 0.717) is 21.3 Å².